The minimum Gasteiger partial charge on any atom is -0.491 e. The van der Waals surface area contributed by atoms with Gasteiger partial charge >= 0.3 is 0 Å². The molecule has 12 heteroatoms. The first kappa shape index (κ1) is 26.1. The van der Waals surface area contributed by atoms with Crippen LogP contribution in [0.2, 0.25) is 0 Å². The van der Waals surface area contributed by atoms with Gasteiger partial charge in [-0.2, -0.15) is 10.1 Å². The lowest BCUT2D eigenvalue weighted by Crippen LogP contribution is -2.26. The van der Waals surface area contributed by atoms with E-state index in [4.69, 9.17) is 24.3 Å². The van der Waals surface area contributed by atoms with E-state index < -0.39 is 0 Å². The number of aryl methyl sites for hydroxylation is 1. The Balaban J connectivity index is 1.33. The van der Waals surface area contributed by atoms with Crippen molar-refractivity contribution in [2.24, 2.45) is 12.5 Å². The predicted octanol–water partition coefficient (Wildman–Crippen LogP) is 4.71. The molecule has 4 aromatic rings. The van der Waals surface area contributed by atoms with Gasteiger partial charge in [-0.3, -0.25) is 9.48 Å². The number of amides is 1. The number of pyridine rings is 2. The Labute approximate surface area is 232 Å². The molecule has 2 fully saturated rings. The molecule has 210 valence electrons. The third-order valence-corrected chi connectivity index (χ3v) is 7.59. The van der Waals surface area contributed by atoms with E-state index in [0.717, 1.165) is 12.3 Å². The molecular weight excluding hydrogens is 512 g/mol. The lowest BCUT2D eigenvalue weighted by atomic mass is 9.90. The highest BCUT2D eigenvalue weighted by molar-refractivity contribution is 5.88. The van der Waals surface area contributed by atoms with Crippen LogP contribution < -0.4 is 20.1 Å². The number of nitrogens with one attached hydrogen (secondary N) is 2. The average Bonchev–Trinajstić information content (AvgIpc) is 3.20. The minimum absolute atomic E-state index is 0.0955. The van der Waals surface area contributed by atoms with Crippen LogP contribution in [0.25, 0.3) is 11.2 Å². The van der Waals surface area contributed by atoms with Crippen LogP contribution >= 0.6 is 0 Å². The lowest BCUT2D eigenvalue weighted by Gasteiger charge is -2.25. The molecule has 1 amide bonds. The molecule has 1 unspecified atom stereocenters. The van der Waals surface area contributed by atoms with Crippen LogP contribution in [0.5, 0.6) is 17.2 Å². The first-order valence-electron chi connectivity index (χ1n) is 13.3. The van der Waals surface area contributed by atoms with Crippen molar-refractivity contribution in [2.75, 3.05) is 31.0 Å². The molecule has 1 atom stereocenters. The normalized spacial score (nSPS) is 17.8. The van der Waals surface area contributed by atoms with Crippen molar-refractivity contribution in [1.82, 2.24) is 29.3 Å². The summed E-state index contributed by atoms with van der Waals surface area (Å²) in [6, 6.07) is 5.66. The number of methoxy groups -OCH3 is 1. The molecule has 40 heavy (non-hydrogen) atoms. The van der Waals surface area contributed by atoms with E-state index in [9.17, 15) is 4.79 Å². The third kappa shape index (κ3) is 4.61. The summed E-state index contributed by atoms with van der Waals surface area (Å²) in [4.78, 5) is 24.8. The Morgan fingerprint density at radius 1 is 1.20 bits per heavy atom. The smallest absolute Gasteiger partial charge is 0.222 e. The van der Waals surface area contributed by atoms with Gasteiger partial charge in [0.1, 0.15) is 17.1 Å². The summed E-state index contributed by atoms with van der Waals surface area (Å²) in [5, 5.41) is 11.1. The molecule has 2 N–H and O–H groups in total. The molecule has 6 rings (SSSR count). The van der Waals surface area contributed by atoms with Gasteiger partial charge in [-0.15, -0.1) is 0 Å². The van der Waals surface area contributed by atoms with E-state index in [0.29, 0.717) is 52.6 Å². The van der Waals surface area contributed by atoms with E-state index >= 15 is 0 Å². The number of anilines is 3. The molecular formula is C28H34N8O4. The molecule has 12 nitrogen and oxygen atoms in total. The van der Waals surface area contributed by atoms with Crippen molar-refractivity contribution in [3.05, 3.63) is 36.3 Å². The number of imidazole rings is 1. The number of rotatable bonds is 7. The third-order valence-electron chi connectivity index (χ3n) is 7.59. The summed E-state index contributed by atoms with van der Waals surface area (Å²) in [6.45, 7) is 9.51. The first-order chi connectivity index (χ1) is 19.1. The van der Waals surface area contributed by atoms with Crippen LogP contribution in [0, 0.1) is 5.41 Å². The van der Waals surface area contributed by atoms with Crippen LogP contribution in [-0.2, 0) is 22.0 Å². The van der Waals surface area contributed by atoms with Gasteiger partial charge in [0.05, 0.1) is 32.6 Å². The van der Waals surface area contributed by atoms with E-state index in [2.05, 4.69) is 52.1 Å². The highest BCUT2D eigenvalue weighted by atomic mass is 16.5. The number of hydrogen-bond acceptors (Lipinski definition) is 9. The summed E-state index contributed by atoms with van der Waals surface area (Å²) in [7, 11) is 3.46. The summed E-state index contributed by atoms with van der Waals surface area (Å²) in [5.74, 6) is 2.81. The number of carbonyl (C=O) groups excluding carboxylic acids is 1. The summed E-state index contributed by atoms with van der Waals surface area (Å²) in [6.07, 6.45) is 5.48. The van der Waals surface area contributed by atoms with Crippen molar-refractivity contribution < 1.29 is 19.0 Å². The van der Waals surface area contributed by atoms with Crippen molar-refractivity contribution >= 4 is 34.7 Å². The Hall–Kier alpha value is -4.19. The second-order valence-electron chi connectivity index (χ2n) is 11.6. The van der Waals surface area contributed by atoms with Crippen LogP contribution in [0.3, 0.4) is 0 Å². The SMILES string of the molecule is COc1c(Oc2ccnc(NC(C)=O)c2)cnc2nc(Nc3cc(C(C)(C)C)n(C4COCC45CC5)n3)n(C)c12. The van der Waals surface area contributed by atoms with Gasteiger partial charge in [-0.05, 0) is 18.9 Å². The molecule has 0 radical (unpaired) electrons. The number of aromatic nitrogens is 6. The first-order valence-corrected chi connectivity index (χ1v) is 13.3. The minimum atomic E-state index is -0.219. The van der Waals surface area contributed by atoms with Crippen molar-refractivity contribution in [1.29, 1.82) is 0 Å². The van der Waals surface area contributed by atoms with Crippen LogP contribution in [0.1, 0.15) is 52.3 Å². The van der Waals surface area contributed by atoms with E-state index in [1.807, 2.05) is 11.6 Å². The molecule has 1 saturated heterocycles. The van der Waals surface area contributed by atoms with Gasteiger partial charge in [-0.1, -0.05) is 20.8 Å². The number of nitrogens with zero attached hydrogens (tertiary/aromatic N) is 6. The highest BCUT2D eigenvalue weighted by Gasteiger charge is 2.55. The fourth-order valence-corrected chi connectivity index (χ4v) is 5.34. The van der Waals surface area contributed by atoms with E-state index in [-0.39, 0.29) is 22.8 Å². The quantitative estimate of drug-likeness (QED) is 0.338. The van der Waals surface area contributed by atoms with Crippen LogP contribution in [-0.4, -0.2) is 55.5 Å². The Kier molecular flexibility index (Phi) is 6.17. The predicted molar refractivity (Wildman–Crippen MR) is 149 cm³/mol. The summed E-state index contributed by atoms with van der Waals surface area (Å²) in [5.41, 5.74) is 2.43. The van der Waals surface area contributed by atoms with Gasteiger partial charge in [0, 0.05) is 48.8 Å². The zero-order chi connectivity index (χ0) is 28.2. The van der Waals surface area contributed by atoms with Gasteiger partial charge in [0.2, 0.25) is 11.9 Å². The zero-order valence-corrected chi connectivity index (χ0v) is 23.6. The monoisotopic (exact) mass is 546 g/mol. The number of ether oxygens (including phenoxy) is 3. The Morgan fingerprint density at radius 2 is 2.00 bits per heavy atom. The van der Waals surface area contributed by atoms with Crippen molar-refractivity contribution in [3.63, 3.8) is 0 Å². The van der Waals surface area contributed by atoms with Gasteiger partial charge in [0.15, 0.2) is 23.0 Å². The average molecular weight is 547 g/mol. The maximum atomic E-state index is 11.4. The van der Waals surface area contributed by atoms with Crippen LogP contribution in [0.4, 0.5) is 17.6 Å². The molecule has 2 aliphatic rings. The zero-order valence-electron chi connectivity index (χ0n) is 23.6. The maximum Gasteiger partial charge on any atom is 0.222 e. The summed E-state index contributed by atoms with van der Waals surface area (Å²) >= 11 is 0. The van der Waals surface area contributed by atoms with Crippen molar-refractivity contribution in [2.45, 2.75) is 52.0 Å². The molecule has 4 aromatic heterocycles. The largest absolute Gasteiger partial charge is 0.491 e. The summed E-state index contributed by atoms with van der Waals surface area (Å²) < 4.78 is 21.8. The topological polar surface area (TPSA) is 130 Å². The van der Waals surface area contributed by atoms with E-state index in [1.54, 1.807) is 31.6 Å². The highest BCUT2D eigenvalue weighted by Crippen LogP contribution is 2.58. The molecule has 1 aliphatic carbocycles. The standard InChI is InChI=1S/C28H34N8O4/c1-16(37)31-21-11-17(7-10-29-21)40-18-13-30-25-23(24(18)38-6)35(5)26(33-25)32-22-12-19(27(2,3)4)36(34-22)20-14-39-15-28(20)8-9-28/h7,10-13,20H,8-9,14-15H2,1-6H3,(H,29,31,37)(H,30,32,33,34). The number of carbonyl (C=O) groups is 1. The Morgan fingerprint density at radius 3 is 2.70 bits per heavy atom. The fourth-order valence-electron chi connectivity index (χ4n) is 5.34. The van der Waals surface area contributed by atoms with E-state index in [1.165, 1.54) is 19.8 Å². The molecule has 1 saturated carbocycles. The van der Waals surface area contributed by atoms with Gasteiger partial charge in [0.25, 0.3) is 0 Å². The number of hydrogen-bond donors (Lipinski definition) is 2. The second-order valence-corrected chi connectivity index (χ2v) is 11.6. The lowest BCUT2D eigenvalue weighted by molar-refractivity contribution is -0.114. The van der Waals surface area contributed by atoms with Gasteiger partial charge in [-0.25, -0.2) is 9.97 Å². The number of fused-ring (bicyclic) bond motifs is 1. The fraction of sp³-hybridized carbons (Fsp3) is 0.464. The maximum absolute atomic E-state index is 11.4. The molecule has 0 bridgehead atoms. The molecule has 0 aromatic carbocycles. The Bertz CT molecular complexity index is 1600. The molecule has 1 aliphatic heterocycles. The van der Waals surface area contributed by atoms with Crippen LogP contribution in [0.15, 0.2) is 30.6 Å². The molecule has 1 spiro atoms. The van der Waals surface area contributed by atoms with Crippen molar-refractivity contribution in [3.8, 4) is 17.2 Å². The van der Waals surface area contributed by atoms with Gasteiger partial charge < -0.3 is 29.4 Å². The second kappa shape index (κ2) is 9.47. The molecule has 5 heterocycles.